The molecule has 0 bridgehead atoms. The lowest BCUT2D eigenvalue weighted by atomic mass is 10.1. The lowest BCUT2D eigenvalue weighted by Gasteiger charge is -2.09. The second kappa shape index (κ2) is 6.69. The average Bonchev–Trinajstić information content (AvgIpc) is 2.47. The number of benzene rings is 1. The monoisotopic (exact) mass is 280 g/mol. The first-order valence-corrected chi connectivity index (χ1v) is 6.54. The summed E-state index contributed by atoms with van der Waals surface area (Å²) < 4.78 is 0. The molecular formula is C17H16N2O2. The summed E-state index contributed by atoms with van der Waals surface area (Å²) in [5.41, 5.74) is 3.84. The second-order valence-corrected chi connectivity index (χ2v) is 4.63. The van der Waals surface area contributed by atoms with Crippen molar-refractivity contribution in [1.29, 1.82) is 0 Å². The van der Waals surface area contributed by atoms with Crippen molar-refractivity contribution in [3.05, 3.63) is 58.9 Å². The largest absolute Gasteiger partial charge is 0.384 e. The van der Waals surface area contributed by atoms with Crippen molar-refractivity contribution in [1.82, 2.24) is 4.98 Å². The molecule has 4 heteroatoms. The molecule has 0 unspecified atom stereocenters. The number of amides is 1. The molecule has 0 atom stereocenters. The Morgan fingerprint density at radius 1 is 1.29 bits per heavy atom. The number of anilines is 1. The summed E-state index contributed by atoms with van der Waals surface area (Å²) >= 11 is 0. The van der Waals surface area contributed by atoms with Crippen LogP contribution in [0, 0.1) is 25.7 Å². The number of hydrogen-bond acceptors (Lipinski definition) is 3. The van der Waals surface area contributed by atoms with E-state index < -0.39 is 0 Å². The normalized spacial score (nSPS) is 9.67. The minimum absolute atomic E-state index is 0.168. The van der Waals surface area contributed by atoms with Gasteiger partial charge in [-0.05, 0) is 49.7 Å². The van der Waals surface area contributed by atoms with Gasteiger partial charge >= 0.3 is 0 Å². The van der Waals surface area contributed by atoms with Crippen LogP contribution in [-0.2, 0) is 0 Å². The molecule has 4 nitrogen and oxygen atoms in total. The third kappa shape index (κ3) is 3.91. The first-order valence-electron chi connectivity index (χ1n) is 6.54. The van der Waals surface area contributed by atoms with Crippen LogP contribution in [-0.4, -0.2) is 22.6 Å². The molecule has 2 rings (SSSR count). The van der Waals surface area contributed by atoms with Crippen LogP contribution in [0.5, 0.6) is 0 Å². The van der Waals surface area contributed by atoms with Gasteiger partial charge in [0.05, 0.1) is 0 Å². The van der Waals surface area contributed by atoms with E-state index in [2.05, 4.69) is 22.1 Å². The second-order valence-electron chi connectivity index (χ2n) is 4.63. The molecule has 0 saturated carbocycles. The third-order valence-corrected chi connectivity index (χ3v) is 2.95. The van der Waals surface area contributed by atoms with Crippen LogP contribution in [0.4, 0.5) is 5.69 Å². The minimum atomic E-state index is -0.169. The summed E-state index contributed by atoms with van der Waals surface area (Å²) in [6, 6.07) is 8.91. The Kier molecular flexibility index (Phi) is 4.70. The molecular weight excluding hydrogens is 264 g/mol. The number of aliphatic hydroxyl groups is 1. The first-order chi connectivity index (χ1) is 10.1. The highest BCUT2D eigenvalue weighted by molar-refractivity contribution is 6.04. The average molecular weight is 280 g/mol. The van der Waals surface area contributed by atoms with Crippen LogP contribution in [0.15, 0.2) is 36.5 Å². The van der Waals surface area contributed by atoms with Crippen molar-refractivity contribution in [3.63, 3.8) is 0 Å². The van der Waals surface area contributed by atoms with Gasteiger partial charge in [-0.25, -0.2) is 0 Å². The van der Waals surface area contributed by atoms with Crippen LogP contribution < -0.4 is 5.32 Å². The predicted molar refractivity (Wildman–Crippen MR) is 82.1 cm³/mol. The molecule has 0 aliphatic heterocycles. The van der Waals surface area contributed by atoms with Crippen LogP contribution in [0.1, 0.15) is 27.2 Å². The SMILES string of the molecule is Cc1cc(C(=O)Nc2ccc(C#CCO)cc2C)ccn1. The molecule has 2 N–H and O–H groups in total. The van der Waals surface area contributed by atoms with Crippen molar-refractivity contribution < 1.29 is 9.90 Å². The summed E-state index contributed by atoms with van der Waals surface area (Å²) in [5, 5.41) is 11.6. The maximum atomic E-state index is 12.2. The molecule has 1 heterocycles. The van der Waals surface area contributed by atoms with Gasteiger partial charge in [0, 0.05) is 28.7 Å². The molecule has 1 aromatic heterocycles. The fourth-order valence-electron chi connectivity index (χ4n) is 1.90. The van der Waals surface area contributed by atoms with Crippen LogP contribution >= 0.6 is 0 Å². The smallest absolute Gasteiger partial charge is 0.255 e. The number of pyridine rings is 1. The fourth-order valence-corrected chi connectivity index (χ4v) is 1.90. The highest BCUT2D eigenvalue weighted by Gasteiger charge is 2.08. The van der Waals surface area contributed by atoms with Crippen molar-refractivity contribution >= 4 is 11.6 Å². The van der Waals surface area contributed by atoms with Gasteiger partial charge in [0.2, 0.25) is 0 Å². The Hall–Kier alpha value is -2.64. The Balaban J connectivity index is 2.18. The fraction of sp³-hybridized carbons (Fsp3) is 0.176. The van der Waals surface area contributed by atoms with Gasteiger partial charge in [-0.2, -0.15) is 0 Å². The Morgan fingerprint density at radius 2 is 2.10 bits per heavy atom. The van der Waals surface area contributed by atoms with E-state index >= 15 is 0 Å². The zero-order valence-electron chi connectivity index (χ0n) is 12.0. The standard InChI is InChI=1S/C17H16N2O2/c1-12-10-14(4-3-9-20)5-6-16(12)19-17(21)15-7-8-18-13(2)11-15/h5-8,10-11,20H,9H2,1-2H3,(H,19,21). The third-order valence-electron chi connectivity index (χ3n) is 2.95. The Bertz CT molecular complexity index is 727. The Morgan fingerprint density at radius 3 is 2.76 bits per heavy atom. The van der Waals surface area contributed by atoms with Crippen LogP contribution in [0.2, 0.25) is 0 Å². The van der Waals surface area contributed by atoms with Crippen LogP contribution in [0.3, 0.4) is 0 Å². The van der Waals surface area contributed by atoms with Gasteiger partial charge < -0.3 is 10.4 Å². The van der Waals surface area contributed by atoms with E-state index in [1.54, 1.807) is 18.3 Å². The summed E-state index contributed by atoms with van der Waals surface area (Å²) in [4.78, 5) is 16.2. The number of carbonyl (C=O) groups excluding carboxylic acids is 1. The van der Waals surface area contributed by atoms with Gasteiger partial charge in [0.1, 0.15) is 6.61 Å². The molecule has 0 fully saturated rings. The number of hydrogen-bond donors (Lipinski definition) is 2. The molecule has 1 amide bonds. The molecule has 0 saturated heterocycles. The summed E-state index contributed by atoms with van der Waals surface area (Å²) in [6.45, 7) is 3.58. The van der Waals surface area contributed by atoms with Crippen LogP contribution in [0.25, 0.3) is 0 Å². The molecule has 0 radical (unpaired) electrons. The van der Waals surface area contributed by atoms with Gasteiger partial charge in [-0.3, -0.25) is 9.78 Å². The number of carbonyl (C=O) groups is 1. The predicted octanol–water partition coefficient (Wildman–Crippen LogP) is 2.29. The number of nitrogens with zero attached hydrogens (tertiary/aromatic N) is 1. The zero-order valence-corrected chi connectivity index (χ0v) is 12.0. The van der Waals surface area contributed by atoms with E-state index in [0.717, 1.165) is 22.5 Å². The van der Waals surface area contributed by atoms with E-state index in [-0.39, 0.29) is 12.5 Å². The zero-order chi connectivity index (χ0) is 15.2. The minimum Gasteiger partial charge on any atom is -0.384 e. The molecule has 0 aliphatic carbocycles. The van der Waals surface area contributed by atoms with E-state index in [0.29, 0.717) is 5.56 Å². The van der Waals surface area contributed by atoms with E-state index in [4.69, 9.17) is 5.11 Å². The number of rotatable bonds is 2. The van der Waals surface area contributed by atoms with E-state index in [9.17, 15) is 4.79 Å². The number of nitrogens with one attached hydrogen (secondary N) is 1. The van der Waals surface area contributed by atoms with E-state index in [1.165, 1.54) is 0 Å². The highest BCUT2D eigenvalue weighted by Crippen LogP contribution is 2.17. The van der Waals surface area contributed by atoms with Crippen molar-refractivity contribution in [2.45, 2.75) is 13.8 Å². The Labute approximate surface area is 123 Å². The van der Waals surface area contributed by atoms with Crippen molar-refractivity contribution in [3.8, 4) is 11.8 Å². The van der Waals surface area contributed by atoms with E-state index in [1.807, 2.05) is 32.0 Å². The lowest BCUT2D eigenvalue weighted by molar-refractivity contribution is 0.102. The van der Waals surface area contributed by atoms with Gasteiger partial charge in [0.15, 0.2) is 0 Å². The summed E-state index contributed by atoms with van der Waals surface area (Å²) in [5.74, 6) is 5.26. The maximum absolute atomic E-state index is 12.2. The van der Waals surface area contributed by atoms with Gasteiger partial charge in [-0.1, -0.05) is 11.8 Å². The molecule has 21 heavy (non-hydrogen) atoms. The van der Waals surface area contributed by atoms with Crippen molar-refractivity contribution in [2.24, 2.45) is 0 Å². The van der Waals surface area contributed by atoms with Gasteiger partial charge in [0.25, 0.3) is 5.91 Å². The number of aliphatic hydroxyl groups excluding tert-OH is 1. The molecule has 2 aromatic rings. The maximum Gasteiger partial charge on any atom is 0.255 e. The molecule has 0 aliphatic rings. The van der Waals surface area contributed by atoms with Gasteiger partial charge in [-0.15, -0.1) is 0 Å². The quantitative estimate of drug-likeness (QED) is 0.830. The first kappa shape index (κ1) is 14.8. The van der Waals surface area contributed by atoms with Crippen molar-refractivity contribution in [2.75, 3.05) is 11.9 Å². The molecule has 0 spiro atoms. The highest BCUT2D eigenvalue weighted by atomic mass is 16.2. The molecule has 1 aromatic carbocycles. The number of aromatic nitrogens is 1. The lowest BCUT2D eigenvalue weighted by Crippen LogP contribution is -2.13. The summed E-state index contributed by atoms with van der Waals surface area (Å²) in [6.07, 6.45) is 1.62. The topological polar surface area (TPSA) is 62.2 Å². The number of aryl methyl sites for hydroxylation is 2. The molecule has 106 valence electrons. The summed E-state index contributed by atoms with van der Waals surface area (Å²) in [7, 11) is 0.